The molecule has 0 aliphatic carbocycles. The van der Waals surface area contributed by atoms with Crippen molar-refractivity contribution in [2.24, 2.45) is 0 Å². The quantitative estimate of drug-likeness (QED) is 0.807. The first-order valence-electron chi connectivity index (χ1n) is 7.76. The van der Waals surface area contributed by atoms with Crippen LogP contribution in [0.25, 0.3) is 0 Å². The van der Waals surface area contributed by atoms with E-state index in [1.165, 1.54) is 27.4 Å². The highest BCUT2D eigenvalue weighted by atomic mass is 32.2. The van der Waals surface area contributed by atoms with Gasteiger partial charge in [0.2, 0.25) is 10.0 Å². The van der Waals surface area contributed by atoms with Gasteiger partial charge in [0.15, 0.2) is 0 Å². The Balaban J connectivity index is 1.70. The second-order valence-electron chi connectivity index (χ2n) is 6.01. The van der Waals surface area contributed by atoms with Crippen LogP contribution in [-0.4, -0.2) is 53.9 Å². The topological polar surface area (TPSA) is 70.6 Å². The zero-order valence-corrected chi connectivity index (χ0v) is 14.5. The normalized spacial score (nSPS) is 15.2. The van der Waals surface area contributed by atoms with Crippen molar-refractivity contribution in [2.75, 3.05) is 19.3 Å². The summed E-state index contributed by atoms with van der Waals surface area (Å²) in [4.78, 5) is 17.8. The summed E-state index contributed by atoms with van der Waals surface area (Å²) in [5.74, 6) is -1.00. The molecule has 1 aliphatic heterocycles. The van der Waals surface area contributed by atoms with Gasteiger partial charge in [0, 0.05) is 32.0 Å². The summed E-state index contributed by atoms with van der Waals surface area (Å²) in [5, 5.41) is 0. The molecule has 25 heavy (non-hydrogen) atoms. The first-order valence-corrected chi connectivity index (χ1v) is 9.60. The number of hydrogen-bond donors (Lipinski definition) is 0. The third-order valence-electron chi connectivity index (χ3n) is 4.15. The van der Waals surface area contributed by atoms with E-state index in [-0.39, 0.29) is 31.2 Å². The third-order valence-corrected chi connectivity index (χ3v) is 5.43. The van der Waals surface area contributed by atoms with E-state index >= 15 is 0 Å². The van der Waals surface area contributed by atoms with Crippen molar-refractivity contribution in [3.63, 3.8) is 0 Å². The third kappa shape index (κ3) is 3.85. The molecule has 0 unspecified atom stereocenters. The molecule has 0 atom stereocenters. The summed E-state index contributed by atoms with van der Waals surface area (Å²) in [6, 6.07) is 8.98. The number of aromatic nitrogens is 1. The van der Waals surface area contributed by atoms with Gasteiger partial charge in [0.1, 0.15) is 5.82 Å². The molecule has 0 spiro atoms. The van der Waals surface area contributed by atoms with Crippen LogP contribution < -0.4 is 0 Å². The number of pyridine rings is 1. The lowest BCUT2D eigenvalue weighted by Crippen LogP contribution is -2.61. The number of rotatable bonds is 5. The van der Waals surface area contributed by atoms with Crippen molar-refractivity contribution >= 4 is 15.9 Å². The number of carbonyl (C=O) groups is 1. The van der Waals surface area contributed by atoms with Crippen LogP contribution in [0.4, 0.5) is 4.39 Å². The van der Waals surface area contributed by atoms with Crippen LogP contribution in [-0.2, 0) is 16.6 Å². The van der Waals surface area contributed by atoms with Crippen molar-refractivity contribution in [1.29, 1.82) is 0 Å². The molecule has 2 aromatic rings. The number of benzene rings is 1. The van der Waals surface area contributed by atoms with Crippen LogP contribution in [0.5, 0.6) is 0 Å². The second kappa shape index (κ2) is 6.89. The number of halogens is 1. The summed E-state index contributed by atoms with van der Waals surface area (Å²) in [6.45, 7) is 0.667. The Morgan fingerprint density at radius 2 is 2.00 bits per heavy atom. The molecule has 0 saturated carbocycles. The smallest absolute Gasteiger partial charge is 0.256 e. The first kappa shape index (κ1) is 17.5. The van der Waals surface area contributed by atoms with Crippen molar-refractivity contribution in [3.8, 4) is 0 Å². The monoisotopic (exact) mass is 363 g/mol. The fourth-order valence-electron chi connectivity index (χ4n) is 2.80. The second-order valence-corrected chi connectivity index (χ2v) is 7.95. The fraction of sp³-hybridized carbons (Fsp3) is 0.294. The largest absolute Gasteiger partial charge is 0.335 e. The standard InChI is InChI=1S/C17H18FN3O3S/c1-25(23,24)21(10-13-5-4-8-19-9-13)14-11-20(12-14)17(22)15-6-2-3-7-16(15)18/h2-9,14H,10-12H2,1H3. The Labute approximate surface area is 145 Å². The minimum Gasteiger partial charge on any atom is -0.335 e. The molecule has 1 amide bonds. The van der Waals surface area contributed by atoms with Crippen molar-refractivity contribution in [1.82, 2.24) is 14.2 Å². The molecule has 1 aromatic heterocycles. The zero-order valence-electron chi connectivity index (χ0n) is 13.7. The Bertz CT molecular complexity index is 868. The van der Waals surface area contributed by atoms with Crippen LogP contribution >= 0.6 is 0 Å². The van der Waals surface area contributed by atoms with E-state index in [2.05, 4.69) is 4.98 Å². The van der Waals surface area contributed by atoms with E-state index in [4.69, 9.17) is 0 Å². The minimum atomic E-state index is -3.45. The molecule has 1 saturated heterocycles. The Hall–Kier alpha value is -2.32. The predicted molar refractivity (Wildman–Crippen MR) is 90.7 cm³/mol. The number of amides is 1. The maximum atomic E-state index is 13.7. The number of carbonyl (C=O) groups excluding carboxylic acids is 1. The summed E-state index contributed by atoms with van der Waals surface area (Å²) in [7, 11) is -3.45. The van der Waals surface area contributed by atoms with Crippen LogP contribution in [0.1, 0.15) is 15.9 Å². The average molecular weight is 363 g/mol. The molecule has 132 valence electrons. The first-order chi connectivity index (χ1) is 11.9. The highest BCUT2D eigenvalue weighted by molar-refractivity contribution is 7.88. The number of likely N-dealkylation sites (tertiary alicyclic amines) is 1. The molecule has 3 rings (SSSR count). The molecular weight excluding hydrogens is 345 g/mol. The summed E-state index contributed by atoms with van der Waals surface area (Å²) >= 11 is 0. The van der Waals surface area contributed by atoms with Crippen LogP contribution in [0.3, 0.4) is 0 Å². The Morgan fingerprint density at radius 3 is 2.60 bits per heavy atom. The van der Waals surface area contributed by atoms with Crippen molar-refractivity contribution in [3.05, 3.63) is 65.7 Å². The SMILES string of the molecule is CS(=O)(=O)N(Cc1cccnc1)C1CN(C(=O)c2ccccc2F)C1. The highest BCUT2D eigenvalue weighted by Gasteiger charge is 2.39. The van der Waals surface area contributed by atoms with Gasteiger partial charge in [0.05, 0.1) is 17.9 Å². The maximum absolute atomic E-state index is 13.7. The molecule has 0 radical (unpaired) electrons. The summed E-state index contributed by atoms with van der Waals surface area (Å²) in [6.07, 6.45) is 4.37. The maximum Gasteiger partial charge on any atom is 0.256 e. The van der Waals surface area contributed by atoms with E-state index in [1.807, 2.05) is 0 Å². The minimum absolute atomic E-state index is 0.000819. The predicted octanol–water partition coefficient (Wildman–Crippen LogP) is 1.51. The van der Waals surface area contributed by atoms with Crippen molar-refractivity contribution < 1.29 is 17.6 Å². The van der Waals surface area contributed by atoms with Gasteiger partial charge >= 0.3 is 0 Å². The van der Waals surface area contributed by atoms with Gasteiger partial charge in [-0.05, 0) is 23.8 Å². The van der Waals surface area contributed by atoms with Crippen LogP contribution in [0, 0.1) is 5.82 Å². The van der Waals surface area contributed by atoms with E-state index in [0.717, 1.165) is 11.8 Å². The fourth-order valence-corrected chi connectivity index (χ4v) is 3.86. The van der Waals surface area contributed by atoms with Gasteiger partial charge in [-0.25, -0.2) is 12.8 Å². The summed E-state index contributed by atoms with van der Waals surface area (Å²) in [5.41, 5.74) is 0.769. The van der Waals surface area contributed by atoms with E-state index in [0.29, 0.717) is 0 Å². The van der Waals surface area contributed by atoms with Gasteiger partial charge in [0.25, 0.3) is 5.91 Å². The van der Waals surface area contributed by atoms with Gasteiger partial charge in [-0.15, -0.1) is 0 Å². The molecule has 2 heterocycles. The van der Waals surface area contributed by atoms with Gasteiger partial charge < -0.3 is 4.90 Å². The molecule has 6 nitrogen and oxygen atoms in total. The van der Waals surface area contributed by atoms with E-state index in [9.17, 15) is 17.6 Å². The summed E-state index contributed by atoms with van der Waals surface area (Å²) < 4.78 is 39.3. The van der Waals surface area contributed by atoms with Gasteiger partial charge in [-0.3, -0.25) is 9.78 Å². The number of sulfonamides is 1. The Morgan fingerprint density at radius 1 is 1.28 bits per heavy atom. The highest BCUT2D eigenvalue weighted by Crippen LogP contribution is 2.23. The molecule has 1 aromatic carbocycles. The van der Waals surface area contributed by atoms with E-state index < -0.39 is 21.7 Å². The molecule has 8 heteroatoms. The zero-order chi connectivity index (χ0) is 18.0. The average Bonchev–Trinajstić information content (AvgIpc) is 2.53. The molecule has 0 bridgehead atoms. The van der Waals surface area contributed by atoms with Gasteiger partial charge in [-0.2, -0.15) is 4.31 Å². The van der Waals surface area contributed by atoms with E-state index in [1.54, 1.807) is 30.6 Å². The van der Waals surface area contributed by atoms with Crippen molar-refractivity contribution in [2.45, 2.75) is 12.6 Å². The lowest BCUT2D eigenvalue weighted by Gasteiger charge is -2.44. The Kier molecular flexibility index (Phi) is 4.82. The van der Waals surface area contributed by atoms with Gasteiger partial charge in [-0.1, -0.05) is 18.2 Å². The van der Waals surface area contributed by atoms with Crippen LogP contribution in [0.15, 0.2) is 48.8 Å². The number of hydrogen-bond acceptors (Lipinski definition) is 4. The molecule has 1 fully saturated rings. The lowest BCUT2D eigenvalue weighted by atomic mass is 10.1. The van der Waals surface area contributed by atoms with Crippen LogP contribution in [0.2, 0.25) is 0 Å². The number of nitrogens with zero attached hydrogens (tertiary/aromatic N) is 3. The molecule has 1 aliphatic rings. The molecule has 0 N–H and O–H groups in total. The lowest BCUT2D eigenvalue weighted by molar-refractivity contribution is 0.0439. The molecular formula is C17H18FN3O3S.